The first-order chi connectivity index (χ1) is 8.58. The fourth-order valence-electron chi connectivity index (χ4n) is 2.44. The molecular weight excluding hydrogens is 246 g/mol. The van der Waals surface area contributed by atoms with Crippen molar-refractivity contribution >= 4 is 17.2 Å². The van der Waals surface area contributed by atoms with E-state index in [9.17, 15) is 4.79 Å². The van der Waals surface area contributed by atoms with Crippen molar-refractivity contribution in [3.63, 3.8) is 0 Å². The van der Waals surface area contributed by atoms with Gasteiger partial charge in [0.25, 0.3) is 5.91 Å². The molecule has 0 bridgehead atoms. The lowest BCUT2D eigenvalue weighted by atomic mass is 9.79. The molecule has 2 rings (SSSR count). The molecule has 18 heavy (non-hydrogen) atoms. The first-order valence-corrected chi connectivity index (χ1v) is 7.40. The quantitative estimate of drug-likeness (QED) is 0.913. The molecule has 1 amide bonds. The molecule has 1 aliphatic rings. The van der Waals surface area contributed by atoms with Crippen LogP contribution in [-0.2, 0) is 6.54 Å². The monoisotopic (exact) mass is 267 g/mol. The van der Waals surface area contributed by atoms with Crippen LogP contribution in [0.3, 0.4) is 0 Å². The van der Waals surface area contributed by atoms with Gasteiger partial charge in [0.15, 0.2) is 0 Å². The summed E-state index contributed by atoms with van der Waals surface area (Å²) in [5.74, 6) is 0.0605. The molecule has 1 aliphatic heterocycles. The number of carbonyl (C=O) groups is 1. The summed E-state index contributed by atoms with van der Waals surface area (Å²) >= 11 is 1.46. The Balaban J connectivity index is 2.09. The van der Waals surface area contributed by atoms with E-state index in [1.165, 1.54) is 17.8 Å². The molecule has 4 nitrogen and oxygen atoms in total. The number of likely N-dealkylation sites (tertiary alicyclic amines) is 1. The van der Waals surface area contributed by atoms with Crippen molar-refractivity contribution in [2.24, 2.45) is 11.1 Å². The molecule has 0 spiro atoms. The van der Waals surface area contributed by atoms with Crippen LogP contribution in [0.25, 0.3) is 0 Å². The predicted molar refractivity (Wildman–Crippen MR) is 73.5 cm³/mol. The highest BCUT2D eigenvalue weighted by atomic mass is 32.1. The molecule has 2 heterocycles. The Hall–Kier alpha value is -0.940. The highest BCUT2D eigenvalue weighted by Gasteiger charge is 2.32. The van der Waals surface area contributed by atoms with Gasteiger partial charge in [-0.1, -0.05) is 13.8 Å². The molecular formula is C13H21N3OS. The number of amides is 1. The van der Waals surface area contributed by atoms with E-state index >= 15 is 0 Å². The van der Waals surface area contributed by atoms with Crippen LogP contribution < -0.4 is 5.73 Å². The zero-order valence-corrected chi connectivity index (χ0v) is 11.9. The van der Waals surface area contributed by atoms with Gasteiger partial charge in [-0.15, -0.1) is 11.3 Å². The van der Waals surface area contributed by atoms with Gasteiger partial charge in [-0.25, -0.2) is 4.98 Å². The van der Waals surface area contributed by atoms with E-state index in [0.29, 0.717) is 12.2 Å². The summed E-state index contributed by atoms with van der Waals surface area (Å²) in [7, 11) is 0. The highest BCUT2D eigenvalue weighted by molar-refractivity contribution is 7.09. The van der Waals surface area contributed by atoms with Crippen molar-refractivity contribution < 1.29 is 4.79 Å². The van der Waals surface area contributed by atoms with E-state index in [-0.39, 0.29) is 11.3 Å². The summed E-state index contributed by atoms with van der Waals surface area (Å²) in [6.45, 7) is 6.56. The van der Waals surface area contributed by atoms with E-state index in [1.807, 2.05) is 10.3 Å². The topological polar surface area (TPSA) is 59.2 Å². The fraction of sp³-hybridized carbons (Fsp3) is 0.692. The second-order valence-corrected chi connectivity index (χ2v) is 6.27. The molecule has 0 aromatic carbocycles. The lowest BCUT2D eigenvalue weighted by molar-refractivity contribution is 0.0538. The third-order valence-electron chi connectivity index (χ3n) is 3.87. The van der Waals surface area contributed by atoms with Crippen molar-refractivity contribution in [3.8, 4) is 0 Å². The van der Waals surface area contributed by atoms with Gasteiger partial charge in [-0.2, -0.15) is 0 Å². The normalized spacial score (nSPS) is 24.3. The van der Waals surface area contributed by atoms with Crippen LogP contribution in [-0.4, -0.2) is 28.9 Å². The van der Waals surface area contributed by atoms with Crippen LogP contribution >= 0.6 is 11.3 Å². The molecule has 100 valence electrons. The maximum atomic E-state index is 12.4. The molecule has 1 aromatic rings. The number of piperidine rings is 1. The van der Waals surface area contributed by atoms with Crippen LogP contribution in [0.2, 0.25) is 0 Å². The standard InChI is InChI=1S/C13H21N3OS/c1-3-13(2)5-4-6-16(9-13)12(17)10-8-18-11(7-14)15-10/h8H,3-7,9,14H2,1-2H3. The van der Waals surface area contributed by atoms with Gasteiger partial charge in [-0.05, 0) is 24.7 Å². The summed E-state index contributed by atoms with van der Waals surface area (Å²) < 4.78 is 0. The Morgan fingerprint density at radius 2 is 2.44 bits per heavy atom. The van der Waals surface area contributed by atoms with Gasteiger partial charge in [0.1, 0.15) is 10.7 Å². The second-order valence-electron chi connectivity index (χ2n) is 5.33. The van der Waals surface area contributed by atoms with Gasteiger partial charge < -0.3 is 10.6 Å². The van der Waals surface area contributed by atoms with E-state index < -0.39 is 0 Å². The molecule has 0 radical (unpaired) electrons. The molecule has 1 saturated heterocycles. The van der Waals surface area contributed by atoms with Gasteiger partial charge in [0, 0.05) is 25.0 Å². The third kappa shape index (κ3) is 2.72. The number of aromatic nitrogens is 1. The predicted octanol–water partition coefficient (Wildman–Crippen LogP) is 2.25. The summed E-state index contributed by atoms with van der Waals surface area (Å²) in [6.07, 6.45) is 3.41. The number of nitrogens with two attached hydrogens (primary N) is 1. The van der Waals surface area contributed by atoms with Crippen LogP contribution in [0.1, 0.15) is 48.6 Å². The van der Waals surface area contributed by atoms with Crippen LogP contribution in [0.5, 0.6) is 0 Å². The van der Waals surface area contributed by atoms with Crippen molar-refractivity contribution in [2.75, 3.05) is 13.1 Å². The minimum atomic E-state index is 0.0605. The fourth-order valence-corrected chi connectivity index (χ4v) is 3.09. The van der Waals surface area contributed by atoms with Crippen molar-refractivity contribution in [2.45, 2.75) is 39.7 Å². The zero-order chi connectivity index (χ0) is 13.2. The first-order valence-electron chi connectivity index (χ1n) is 6.52. The van der Waals surface area contributed by atoms with Crippen molar-refractivity contribution in [1.29, 1.82) is 0 Å². The Labute approximate surface area is 112 Å². The Morgan fingerprint density at radius 3 is 3.06 bits per heavy atom. The SMILES string of the molecule is CCC1(C)CCCN(C(=O)c2csc(CN)n2)C1. The Morgan fingerprint density at radius 1 is 1.67 bits per heavy atom. The summed E-state index contributed by atoms with van der Waals surface area (Å²) in [6, 6.07) is 0. The van der Waals surface area contributed by atoms with Crippen LogP contribution in [0.15, 0.2) is 5.38 Å². The van der Waals surface area contributed by atoms with E-state index in [1.54, 1.807) is 0 Å². The first kappa shape index (κ1) is 13.5. The van der Waals surface area contributed by atoms with Gasteiger partial charge >= 0.3 is 0 Å². The zero-order valence-electron chi connectivity index (χ0n) is 11.1. The maximum absolute atomic E-state index is 12.4. The van der Waals surface area contributed by atoms with Crippen LogP contribution in [0.4, 0.5) is 0 Å². The lowest BCUT2D eigenvalue weighted by Crippen LogP contribution is -2.44. The minimum absolute atomic E-state index is 0.0605. The molecule has 1 unspecified atom stereocenters. The molecule has 5 heteroatoms. The maximum Gasteiger partial charge on any atom is 0.273 e. The average Bonchev–Trinajstić information content (AvgIpc) is 2.86. The highest BCUT2D eigenvalue weighted by Crippen LogP contribution is 2.33. The van der Waals surface area contributed by atoms with E-state index in [2.05, 4.69) is 18.8 Å². The number of carbonyl (C=O) groups excluding carboxylic acids is 1. The van der Waals surface area contributed by atoms with Crippen molar-refractivity contribution in [1.82, 2.24) is 9.88 Å². The molecule has 1 fully saturated rings. The molecule has 1 aromatic heterocycles. The number of hydrogen-bond donors (Lipinski definition) is 1. The van der Waals surface area contributed by atoms with Gasteiger partial charge in [-0.3, -0.25) is 4.79 Å². The molecule has 0 aliphatic carbocycles. The largest absolute Gasteiger partial charge is 0.337 e. The lowest BCUT2D eigenvalue weighted by Gasteiger charge is -2.39. The summed E-state index contributed by atoms with van der Waals surface area (Å²) in [5, 5.41) is 2.65. The minimum Gasteiger partial charge on any atom is -0.337 e. The third-order valence-corrected chi connectivity index (χ3v) is 4.74. The number of rotatable bonds is 3. The van der Waals surface area contributed by atoms with E-state index in [0.717, 1.165) is 30.9 Å². The number of thiazole rings is 1. The average molecular weight is 267 g/mol. The van der Waals surface area contributed by atoms with Gasteiger partial charge in [0.05, 0.1) is 0 Å². The number of hydrogen-bond acceptors (Lipinski definition) is 4. The van der Waals surface area contributed by atoms with Crippen molar-refractivity contribution in [3.05, 3.63) is 16.1 Å². The molecule has 2 N–H and O–H groups in total. The Kier molecular flexibility index (Phi) is 4.02. The Bertz CT molecular complexity index is 432. The summed E-state index contributed by atoms with van der Waals surface area (Å²) in [4.78, 5) is 18.6. The van der Waals surface area contributed by atoms with Crippen LogP contribution in [0, 0.1) is 5.41 Å². The molecule has 0 saturated carbocycles. The van der Waals surface area contributed by atoms with Gasteiger partial charge in [0.2, 0.25) is 0 Å². The smallest absolute Gasteiger partial charge is 0.273 e. The molecule has 1 atom stereocenters. The number of nitrogens with zero attached hydrogens (tertiary/aromatic N) is 2. The second kappa shape index (κ2) is 5.36. The van der Waals surface area contributed by atoms with E-state index in [4.69, 9.17) is 5.73 Å². The summed E-state index contributed by atoms with van der Waals surface area (Å²) in [5.41, 5.74) is 6.35.